The van der Waals surface area contributed by atoms with Crippen molar-refractivity contribution >= 4 is 50.8 Å². The van der Waals surface area contributed by atoms with Crippen molar-refractivity contribution in [2.75, 3.05) is 55.8 Å². The van der Waals surface area contributed by atoms with Gasteiger partial charge in [-0.05, 0) is 112 Å². The van der Waals surface area contributed by atoms with E-state index in [-0.39, 0.29) is 25.1 Å². The lowest BCUT2D eigenvalue weighted by Gasteiger charge is -2.46. The van der Waals surface area contributed by atoms with Crippen molar-refractivity contribution in [3.05, 3.63) is 99.8 Å². The normalized spacial score (nSPS) is 19.5. The lowest BCUT2D eigenvalue weighted by atomic mass is 9.72. The predicted octanol–water partition coefficient (Wildman–Crippen LogP) is 8.32. The molecule has 0 bridgehead atoms. The molecule has 10 heteroatoms. The second kappa shape index (κ2) is 15.5. The van der Waals surface area contributed by atoms with Crippen molar-refractivity contribution in [2.24, 2.45) is 5.92 Å². The number of nitrogens with zero attached hydrogens (tertiary/aromatic N) is 2. The van der Waals surface area contributed by atoms with Crippen molar-refractivity contribution in [1.82, 2.24) is 4.90 Å². The van der Waals surface area contributed by atoms with E-state index in [9.17, 15) is 9.18 Å². The number of carbonyl (C=O) groups is 2. The molecule has 3 atom stereocenters. The zero-order valence-corrected chi connectivity index (χ0v) is 29.8. The van der Waals surface area contributed by atoms with Gasteiger partial charge in [-0.1, -0.05) is 53.5 Å². The Kier molecular flexibility index (Phi) is 12.2. The summed E-state index contributed by atoms with van der Waals surface area (Å²) in [5.74, 6) is -1.22. The van der Waals surface area contributed by atoms with Crippen LogP contribution >= 0.6 is 33.2 Å². The maximum Gasteiger partial charge on any atom is 0.320 e. The Morgan fingerprint density at radius 1 is 0.957 bits per heavy atom. The van der Waals surface area contributed by atoms with Crippen LogP contribution in [0.15, 0.2) is 72.8 Å². The van der Waals surface area contributed by atoms with Crippen LogP contribution in [-0.4, -0.2) is 73.3 Å². The molecular weight excluding hydrogens is 646 g/mol. The number of amides is 1. The number of piperidine rings is 1. The van der Waals surface area contributed by atoms with Crippen molar-refractivity contribution < 1.29 is 23.5 Å². The van der Waals surface area contributed by atoms with Gasteiger partial charge in [0.1, 0.15) is 18.1 Å². The van der Waals surface area contributed by atoms with Crippen LogP contribution in [0.1, 0.15) is 50.3 Å². The molecule has 3 aromatic rings. The quantitative estimate of drug-likeness (QED) is 0.115. The number of esters is 1. The highest BCUT2D eigenvalue weighted by atomic mass is 35.5. The molecule has 0 N–H and O–H groups in total. The molecule has 0 aromatic heterocycles. The molecule has 3 aromatic carbocycles. The van der Waals surface area contributed by atoms with Gasteiger partial charge in [-0.25, -0.2) is 14.4 Å². The van der Waals surface area contributed by atoms with Crippen LogP contribution in [0.4, 0.5) is 10.1 Å². The van der Waals surface area contributed by atoms with Gasteiger partial charge >= 0.3 is 5.97 Å². The number of carbonyl (C=O) groups excluding carboxylic acids is 2. The Labute approximate surface area is 284 Å². The van der Waals surface area contributed by atoms with Gasteiger partial charge in [-0.15, -0.1) is 0 Å². The minimum atomic E-state index is -0.812. The fourth-order valence-corrected chi connectivity index (χ4v) is 6.87. The summed E-state index contributed by atoms with van der Waals surface area (Å²) in [4.78, 5) is 31.9. The summed E-state index contributed by atoms with van der Waals surface area (Å²) in [6.45, 7) is 6.36. The van der Waals surface area contributed by atoms with Crippen LogP contribution in [0.2, 0.25) is 10.0 Å². The molecule has 1 fully saturated rings. The SMILES string of the molecule is CC(C)(C)OC(=O)CN1CC[C@@H](c2cccc(Cl)c2)C(C(=O)N(COCCS(C)(C)C)c2cccc(Cl)c2)[C@H]1c1cccc(F)c1. The maximum absolute atomic E-state index is 15.1. The Morgan fingerprint density at radius 2 is 1.61 bits per heavy atom. The van der Waals surface area contributed by atoms with E-state index < -0.39 is 39.4 Å². The molecular formula is C36H45Cl2FN2O4S. The van der Waals surface area contributed by atoms with Crippen LogP contribution in [0, 0.1) is 11.7 Å². The summed E-state index contributed by atoms with van der Waals surface area (Å²) in [5, 5.41) is 1.04. The standard InChI is InChI=1S/C36H45Cl2FN2O4S/c1-36(2,3)45-32(42)23-40-17-16-31(25-10-7-12-27(37)20-25)33(34(40)26-11-8-14-29(39)21-26)35(43)41(24-44-18-19-46(4,5)6)30-15-9-13-28(38)22-30/h7-15,20-22,31,33-34H,16-19,23-24H2,1-6H3/t31-,33?,34+/m0/s1. The van der Waals surface area contributed by atoms with E-state index in [1.165, 1.54) is 12.1 Å². The van der Waals surface area contributed by atoms with E-state index >= 15 is 4.79 Å². The van der Waals surface area contributed by atoms with Crippen molar-refractivity contribution in [3.63, 3.8) is 0 Å². The van der Waals surface area contributed by atoms with E-state index in [0.717, 1.165) is 11.3 Å². The van der Waals surface area contributed by atoms with E-state index in [4.69, 9.17) is 32.7 Å². The van der Waals surface area contributed by atoms with Gasteiger partial charge in [-0.2, -0.15) is 0 Å². The molecule has 0 spiro atoms. The third kappa shape index (κ3) is 10.2. The third-order valence-corrected chi connectivity index (χ3v) is 9.71. The number of halogens is 3. The van der Waals surface area contributed by atoms with Crippen molar-refractivity contribution in [2.45, 2.75) is 44.8 Å². The molecule has 1 aliphatic rings. The fourth-order valence-electron chi connectivity index (χ4n) is 5.87. The number of ether oxygens (including phenoxy) is 2. The molecule has 6 nitrogen and oxygen atoms in total. The number of benzene rings is 3. The number of likely N-dealkylation sites (tertiary alicyclic amines) is 1. The number of hydrogen-bond acceptors (Lipinski definition) is 5. The minimum Gasteiger partial charge on any atom is -0.459 e. The summed E-state index contributed by atoms with van der Waals surface area (Å²) < 4.78 is 26.7. The number of hydrogen-bond donors (Lipinski definition) is 0. The van der Waals surface area contributed by atoms with Crippen LogP contribution in [0.25, 0.3) is 0 Å². The predicted molar refractivity (Wildman–Crippen MR) is 189 cm³/mol. The monoisotopic (exact) mass is 690 g/mol. The van der Waals surface area contributed by atoms with E-state index in [1.54, 1.807) is 35.2 Å². The third-order valence-electron chi connectivity index (χ3n) is 7.85. The number of anilines is 1. The van der Waals surface area contributed by atoms with Gasteiger partial charge in [0, 0.05) is 27.5 Å². The summed E-state index contributed by atoms with van der Waals surface area (Å²) in [6, 6.07) is 20.2. The zero-order valence-electron chi connectivity index (χ0n) is 27.5. The highest BCUT2D eigenvalue weighted by molar-refractivity contribution is 8.32. The van der Waals surface area contributed by atoms with Gasteiger partial charge in [0.2, 0.25) is 5.91 Å². The second-order valence-corrected chi connectivity index (χ2v) is 19.1. The zero-order chi connectivity index (χ0) is 33.6. The lowest BCUT2D eigenvalue weighted by Crippen LogP contribution is -2.52. The Hall–Kier alpha value is -2.62. The molecule has 1 aliphatic heterocycles. The van der Waals surface area contributed by atoms with Crippen LogP contribution in [0.5, 0.6) is 0 Å². The molecule has 0 saturated carbocycles. The van der Waals surface area contributed by atoms with Crippen LogP contribution in [0.3, 0.4) is 0 Å². The second-order valence-electron chi connectivity index (χ2n) is 13.6. The Bertz CT molecular complexity index is 1510. The van der Waals surface area contributed by atoms with Crippen molar-refractivity contribution in [3.8, 4) is 0 Å². The Balaban J connectivity index is 1.83. The summed E-state index contributed by atoms with van der Waals surface area (Å²) in [7, 11) is -0.812. The van der Waals surface area contributed by atoms with Gasteiger partial charge in [0.15, 0.2) is 0 Å². The molecule has 46 heavy (non-hydrogen) atoms. The van der Waals surface area contributed by atoms with Gasteiger partial charge in [0.05, 0.1) is 19.1 Å². The summed E-state index contributed by atoms with van der Waals surface area (Å²) >= 11 is 12.9. The number of rotatable bonds is 11. The smallest absolute Gasteiger partial charge is 0.320 e. The lowest BCUT2D eigenvalue weighted by molar-refractivity contribution is -0.158. The van der Waals surface area contributed by atoms with Crippen LogP contribution < -0.4 is 4.90 Å². The fraction of sp³-hybridized carbons (Fsp3) is 0.444. The van der Waals surface area contributed by atoms with E-state index in [0.29, 0.717) is 40.9 Å². The average molecular weight is 692 g/mol. The minimum absolute atomic E-state index is 0.00932. The highest BCUT2D eigenvalue weighted by Crippen LogP contribution is 2.46. The van der Waals surface area contributed by atoms with Gasteiger partial charge < -0.3 is 9.47 Å². The van der Waals surface area contributed by atoms with Gasteiger partial charge in [-0.3, -0.25) is 19.4 Å². The molecule has 4 rings (SSSR count). The van der Waals surface area contributed by atoms with Crippen LogP contribution in [-0.2, 0) is 19.1 Å². The Morgan fingerprint density at radius 3 is 2.24 bits per heavy atom. The topological polar surface area (TPSA) is 59.1 Å². The molecule has 250 valence electrons. The highest BCUT2D eigenvalue weighted by Gasteiger charge is 2.46. The molecule has 1 saturated heterocycles. The molecule has 0 radical (unpaired) electrons. The van der Waals surface area contributed by atoms with Crippen molar-refractivity contribution in [1.29, 1.82) is 0 Å². The maximum atomic E-state index is 15.1. The van der Waals surface area contributed by atoms with E-state index in [2.05, 4.69) is 18.8 Å². The summed E-state index contributed by atoms with van der Waals surface area (Å²) in [6.07, 6.45) is 7.22. The first-order valence-corrected chi connectivity index (χ1v) is 19.2. The first kappa shape index (κ1) is 36.2. The first-order valence-electron chi connectivity index (χ1n) is 15.4. The first-order chi connectivity index (χ1) is 21.6. The van der Waals surface area contributed by atoms with Gasteiger partial charge in [0.25, 0.3) is 0 Å². The largest absolute Gasteiger partial charge is 0.459 e. The molecule has 1 unspecified atom stereocenters. The summed E-state index contributed by atoms with van der Waals surface area (Å²) in [5.41, 5.74) is 1.40. The molecule has 0 aliphatic carbocycles. The average Bonchev–Trinajstić information content (AvgIpc) is 2.95. The molecule has 1 amide bonds. The molecule has 1 heterocycles. The van der Waals surface area contributed by atoms with E-state index in [1.807, 2.05) is 56.0 Å².